The Morgan fingerprint density at radius 2 is 2.18 bits per heavy atom. The molecule has 0 spiro atoms. The lowest BCUT2D eigenvalue weighted by molar-refractivity contribution is -0.113. The lowest BCUT2D eigenvalue weighted by atomic mass is 10.2. The smallest absolute Gasteiger partial charge is 0.234 e. The first kappa shape index (κ1) is 14.9. The van der Waals surface area contributed by atoms with Crippen molar-refractivity contribution in [2.45, 2.75) is 12.1 Å². The molecule has 2 aromatic heterocycles. The number of nitrogens with zero attached hydrogens (tertiary/aromatic N) is 3. The van der Waals surface area contributed by atoms with Crippen LogP contribution in [0.25, 0.3) is 5.65 Å². The molecule has 0 saturated carbocycles. The maximum atomic E-state index is 12.0. The van der Waals surface area contributed by atoms with Crippen LogP contribution in [0.2, 0.25) is 5.02 Å². The number of halogens is 1. The van der Waals surface area contributed by atoms with Crippen LogP contribution in [-0.4, -0.2) is 26.3 Å². The quantitative estimate of drug-likeness (QED) is 0.744. The molecule has 1 N–H and O–H groups in total. The molecule has 0 aliphatic carbocycles. The number of fused-ring (bicyclic) bond motifs is 1. The van der Waals surface area contributed by atoms with Crippen LogP contribution in [0, 0.1) is 6.92 Å². The maximum absolute atomic E-state index is 12.0. The molecule has 112 valence electrons. The average molecular weight is 333 g/mol. The summed E-state index contributed by atoms with van der Waals surface area (Å²) in [5.41, 5.74) is 2.42. The van der Waals surface area contributed by atoms with Crippen molar-refractivity contribution in [3.63, 3.8) is 0 Å². The van der Waals surface area contributed by atoms with E-state index in [0.29, 0.717) is 15.9 Å². The normalized spacial score (nSPS) is 10.8. The molecule has 7 heteroatoms. The molecule has 1 aromatic carbocycles. The van der Waals surface area contributed by atoms with Gasteiger partial charge in [-0.25, -0.2) is 0 Å². The van der Waals surface area contributed by atoms with E-state index in [2.05, 4.69) is 15.5 Å². The number of aromatic nitrogens is 3. The number of amides is 1. The van der Waals surface area contributed by atoms with Gasteiger partial charge >= 0.3 is 0 Å². The Morgan fingerprint density at radius 3 is 3.00 bits per heavy atom. The minimum atomic E-state index is -0.113. The number of rotatable bonds is 4. The predicted molar refractivity (Wildman–Crippen MR) is 88.5 cm³/mol. The second kappa shape index (κ2) is 6.37. The summed E-state index contributed by atoms with van der Waals surface area (Å²) in [6.45, 7) is 1.92. The molecule has 0 aliphatic rings. The van der Waals surface area contributed by atoms with Crippen molar-refractivity contribution in [1.82, 2.24) is 14.6 Å². The van der Waals surface area contributed by atoms with Crippen molar-refractivity contribution in [3.8, 4) is 0 Å². The molecule has 0 atom stereocenters. The molecule has 0 unspecified atom stereocenters. The fourth-order valence-corrected chi connectivity index (χ4v) is 2.82. The second-order valence-corrected chi connectivity index (χ2v) is 6.06. The number of hydrogen-bond donors (Lipinski definition) is 1. The molecule has 5 nitrogen and oxygen atoms in total. The van der Waals surface area contributed by atoms with E-state index in [1.54, 1.807) is 6.07 Å². The van der Waals surface area contributed by atoms with E-state index in [1.807, 2.05) is 47.9 Å². The predicted octanol–water partition coefficient (Wildman–Crippen LogP) is 3.42. The number of anilines is 1. The minimum absolute atomic E-state index is 0.113. The number of aryl methyl sites for hydroxylation is 1. The maximum Gasteiger partial charge on any atom is 0.234 e. The first-order chi connectivity index (χ1) is 10.6. The van der Waals surface area contributed by atoms with Crippen LogP contribution >= 0.6 is 23.4 Å². The molecular weight excluding hydrogens is 320 g/mol. The molecule has 0 bridgehead atoms. The summed E-state index contributed by atoms with van der Waals surface area (Å²) in [6, 6.07) is 11.1. The number of benzene rings is 1. The summed E-state index contributed by atoms with van der Waals surface area (Å²) in [6.07, 6.45) is 1.87. The van der Waals surface area contributed by atoms with Gasteiger partial charge in [-0.15, -0.1) is 10.2 Å². The van der Waals surface area contributed by atoms with Crippen molar-refractivity contribution in [2.24, 2.45) is 0 Å². The number of carbonyl (C=O) groups excluding carboxylic acids is 1. The van der Waals surface area contributed by atoms with E-state index in [9.17, 15) is 4.79 Å². The van der Waals surface area contributed by atoms with Gasteiger partial charge in [-0.05, 0) is 36.8 Å². The van der Waals surface area contributed by atoms with Crippen molar-refractivity contribution >= 4 is 40.6 Å². The van der Waals surface area contributed by atoms with Gasteiger partial charge in [-0.3, -0.25) is 9.20 Å². The Labute approximate surface area is 136 Å². The number of carbonyl (C=O) groups is 1. The van der Waals surface area contributed by atoms with Gasteiger partial charge in [-0.1, -0.05) is 35.5 Å². The van der Waals surface area contributed by atoms with Crippen LogP contribution in [0.1, 0.15) is 5.56 Å². The molecule has 1 amide bonds. The Balaban J connectivity index is 1.63. The average Bonchev–Trinajstić information content (AvgIpc) is 2.92. The number of nitrogens with one attached hydrogen (secondary N) is 1. The van der Waals surface area contributed by atoms with Crippen molar-refractivity contribution in [1.29, 1.82) is 0 Å². The monoisotopic (exact) mass is 332 g/mol. The summed E-state index contributed by atoms with van der Waals surface area (Å²) in [5, 5.41) is 12.3. The number of hydrogen-bond acceptors (Lipinski definition) is 4. The zero-order chi connectivity index (χ0) is 15.5. The van der Waals surface area contributed by atoms with E-state index in [0.717, 1.165) is 11.2 Å². The highest BCUT2D eigenvalue weighted by Gasteiger charge is 2.09. The van der Waals surface area contributed by atoms with Crippen molar-refractivity contribution in [3.05, 3.63) is 53.2 Å². The Hall–Kier alpha value is -2.05. The zero-order valence-corrected chi connectivity index (χ0v) is 13.4. The van der Waals surface area contributed by atoms with Crippen molar-refractivity contribution < 1.29 is 4.79 Å². The largest absolute Gasteiger partial charge is 0.325 e. The highest BCUT2D eigenvalue weighted by atomic mass is 35.5. The Morgan fingerprint density at radius 1 is 1.32 bits per heavy atom. The van der Waals surface area contributed by atoms with Crippen LogP contribution in [-0.2, 0) is 4.79 Å². The summed E-state index contributed by atoms with van der Waals surface area (Å²) in [5.74, 6) is 0.138. The van der Waals surface area contributed by atoms with Crippen LogP contribution in [0.15, 0.2) is 47.8 Å². The zero-order valence-electron chi connectivity index (χ0n) is 11.8. The second-order valence-electron chi connectivity index (χ2n) is 4.71. The molecule has 3 aromatic rings. The molecule has 0 saturated heterocycles. The Kier molecular flexibility index (Phi) is 4.31. The Bertz CT molecular complexity index is 833. The van der Waals surface area contributed by atoms with Gasteiger partial charge in [-0.2, -0.15) is 0 Å². The molecule has 0 fully saturated rings. The number of thioether (sulfide) groups is 1. The topological polar surface area (TPSA) is 59.3 Å². The summed E-state index contributed by atoms with van der Waals surface area (Å²) >= 11 is 7.38. The van der Waals surface area contributed by atoms with Gasteiger partial charge in [0, 0.05) is 16.9 Å². The van der Waals surface area contributed by atoms with Crippen LogP contribution in [0.4, 0.5) is 5.69 Å². The van der Waals surface area contributed by atoms with E-state index < -0.39 is 0 Å². The fraction of sp³-hybridized carbons (Fsp3) is 0.133. The lowest BCUT2D eigenvalue weighted by Gasteiger charge is -2.06. The fourth-order valence-electron chi connectivity index (χ4n) is 1.92. The van der Waals surface area contributed by atoms with E-state index in [-0.39, 0.29) is 11.7 Å². The summed E-state index contributed by atoms with van der Waals surface area (Å²) in [4.78, 5) is 12.0. The number of pyridine rings is 1. The first-order valence-electron chi connectivity index (χ1n) is 6.62. The molecule has 3 rings (SSSR count). The van der Waals surface area contributed by atoms with Crippen LogP contribution in [0.5, 0.6) is 0 Å². The molecule has 0 aliphatic heterocycles. The van der Waals surface area contributed by atoms with E-state index in [4.69, 9.17) is 11.6 Å². The van der Waals surface area contributed by atoms with E-state index >= 15 is 0 Å². The van der Waals surface area contributed by atoms with Crippen molar-refractivity contribution in [2.75, 3.05) is 11.1 Å². The highest BCUT2D eigenvalue weighted by Crippen LogP contribution is 2.21. The van der Waals surface area contributed by atoms with E-state index in [1.165, 1.54) is 11.8 Å². The van der Waals surface area contributed by atoms with Gasteiger partial charge in [0.2, 0.25) is 5.91 Å². The van der Waals surface area contributed by atoms with Crippen LogP contribution in [0.3, 0.4) is 0 Å². The van der Waals surface area contributed by atoms with Gasteiger partial charge in [0.1, 0.15) is 0 Å². The van der Waals surface area contributed by atoms with Gasteiger partial charge < -0.3 is 5.32 Å². The third kappa shape index (κ3) is 3.23. The van der Waals surface area contributed by atoms with Gasteiger partial charge in [0.25, 0.3) is 0 Å². The first-order valence-corrected chi connectivity index (χ1v) is 7.98. The molecular formula is C15H13ClN4OS. The highest BCUT2D eigenvalue weighted by molar-refractivity contribution is 7.99. The SMILES string of the molecule is Cc1ccc(NC(=O)CSc2nnc3ccccn23)cc1Cl. The molecule has 0 radical (unpaired) electrons. The lowest BCUT2D eigenvalue weighted by Crippen LogP contribution is -2.14. The van der Waals surface area contributed by atoms with Gasteiger partial charge in [0.15, 0.2) is 10.8 Å². The summed E-state index contributed by atoms with van der Waals surface area (Å²) in [7, 11) is 0. The molecule has 2 heterocycles. The van der Waals surface area contributed by atoms with Gasteiger partial charge in [0.05, 0.1) is 5.75 Å². The minimum Gasteiger partial charge on any atom is -0.325 e. The summed E-state index contributed by atoms with van der Waals surface area (Å²) < 4.78 is 1.85. The van der Waals surface area contributed by atoms with Crippen LogP contribution < -0.4 is 5.32 Å². The molecule has 22 heavy (non-hydrogen) atoms. The standard InChI is InChI=1S/C15H13ClN4OS/c1-10-5-6-11(8-12(10)16)17-14(21)9-22-15-19-18-13-4-2-3-7-20(13)15/h2-8H,9H2,1H3,(H,17,21). The third-order valence-corrected chi connectivity index (χ3v) is 4.42. The third-order valence-electron chi connectivity index (χ3n) is 3.07.